The normalized spacial score (nSPS) is 23.6. The van der Waals surface area contributed by atoms with Crippen molar-refractivity contribution in [1.29, 1.82) is 0 Å². The van der Waals surface area contributed by atoms with E-state index in [0.717, 1.165) is 25.9 Å². The number of rotatable bonds is 4. The number of hydrogen-bond donors (Lipinski definition) is 1. The summed E-state index contributed by atoms with van der Waals surface area (Å²) in [5, 5.41) is 9.03. The number of carbonyl (C=O) groups is 2. The van der Waals surface area contributed by atoms with Crippen molar-refractivity contribution in [3.63, 3.8) is 0 Å². The topological polar surface area (TPSA) is 70.1 Å². The van der Waals surface area contributed by atoms with Gasteiger partial charge in [0.1, 0.15) is 0 Å². The van der Waals surface area contributed by atoms with Crippen LogP contribution in [-0.2, 0) is 14.3 Å². The predicted molar refractivity (Wildman–Crippen MR) is 73.4 cm³/mol. The lowest BCUT2D eigenvalue weighted by atomic mass is 9.85. The Morgan fingerprint density at radius 3 is 2.35 bits per heavy atom. The van der Waals surface area contributed by atoms with Gasteiger partial charge in [-0.15, -0.1) is 0 Å². The van der Waals surface area contributed by atoms with Gasteiger partial charge in [-0.3, -0.25) is 14.5 Å². The minimum Gasteiger partial charge on any atom is -0.481 e. The lowest BCUT2D eigenvalue weighted by Gasteiger charge is -2.35. The molecule has 1 amide bonds. The Bertz CT molecular complexity index is 347. The van der Waals surface area contributed by atoms with Crippen LogP contribution in [0.15, 0.2) is 0 Å². The molecular formula is C14H24N2O4. The van der Waals surface area contributed by atoms with Gasteiger partial charge in [-0.2, -0.15) is 0 Å². The lowest BCUT2D eigenvalue weighted by Crippen LogP contribution is -2.47. The molecule has 0 saturated carbocycles. The van der Waals surface area contributed by atoms with E-state index in [-0.39, 0.29) is 17.7 Å². The second-order valence-electron chi connectivity index (χ2n) is 5.73. The summed E-state index contributed by atoms with van der Waals surface area (Å²) in [7, 11) is 0. The number of hydrogen-bond acceptors (Lipinski definition) is 4. The lowest BCUT2D eigenvalue weighted by molar-refractivity contribution is -0.144. The first kappa shape index (κ1) is 15.3. The second kappa shape index (κ2) is 7.04. The molecule has 6 nitrogen and oxygen atoms in total. The van der Waals surface area contributed by atoms with E-state index in [9.17, 15) is 9.59 Å². The van der Waals surface area contributed by atoms with E-state index in [1.165, 1.54) is 0 Å². The highest BCUT2D eigenvalue weighted by molar-refractivity contribution is 5.78. The monoisotopic (exact) mass is 284 g/mol. The fourth-order valence-corrected chi connectivity index (χ4v) is 2.90. The summed E-state index contributed by atoms with van der Waals surface area (Å²) in [6.45, 7) is 6.63. The van der Waals surface area contributed by atoms with Crippen LogP contribution in [-0.4, -0.2) is 72.7 Å². The Morgan fingerprint density at radius 2 is 1.80 bits per heavy atom. The number of likely N-dealkylation sites (tertiary alicyclic amines) is 1. The van der Waals surface area contributed by atoms with Gasteiger partial charge in [0.2, 0.25) is 5.91 Å². The minimum absolute atomic E-state index is 0.160. The number of ether oxygens (including phenoxy) is 1. The standard InChI is InChI=1S/C14H24N2O4/c1-11(14(18)19)12-2-4-16(5-3-12)13(17)10-15-6-8-20-9-7-15/h11-12H,2-10H2,1H3,(H,18,19). The first-order valence-corrected chi connectivity index (χ1v) is 7.38. The number of nitrogens with zero attached hydrogens (tertiary/aromatic N) is 2. The molecule has 2 aliphatic heterocycles. The van der Waals surface area contributed by atoms with E-state index in [1.807, 2.05) is 4.90 Å². The Morgan fingerprint density at radius 1 is 1.20 bits per heavy atom. The summed E-state index contributed by atoms with van der Waals surface area (Å²) in [6.07, 6.45) is 1.59. The molecule has 0 aromatic heterocycles. The van der Waals surface area contributed by atoms with Crippen molar-refractivity contribution in [1.82, 2.24) is 9.80 Å². The summed E-state index contributed by atoms with van der Waals surface area (Å²) in [6, 6.07) is 0. The number of morpholine rings is 1. The van der Waals surface area contributed by atoms with Crippen molar-refractivity contribution in [3.05, 3.63) is 0 Å². The van der Waals surface area contributed by atoms with Crippen molar-refractivity contribution in [3.8, 4) is 0 Å². The highest BCUT2D eigenvalue weighted by Gasteiger charge is 2.30. The van der Waals surface area contributed by atoms with Gasteiger partial charge in [-0.25, -0.2) is 0 Å². The van der Waals surface area contributed by atoms with Crippen LogP contribution in [0, 0.1) is 11.8 Å². The Kier molecular flexibility index (Phi) is 5.37. The van der Waals surface area contributed by atoms with Crippen LogP contribution < -0.4 is 0 Å². The molecule has 2 rings (SSSR count). The van der Waals surface area contributed by atoms with Gasteiger partial charge in [-0.05, 0) is 18.8 Å². The van der Waals surface area contributed by atoms with E-state index in [2.05, 4.69) is 4.90 Å². The van der Waals surface area contributed by atoms with Crippen LogP contribution in [0.4, 0.5) is 0 Å². The fourth-order valence-electron chi connectivity index (χ4n) is 2.90. The maximum atomic E-state index is 12.2. The average molecular weight is 284 g/mol. The fraction of sp³-hybridized carbons (Fsp3) is 0.857. The van der Waals surface area contributed by atoms with E-state index in [1.54, 1.807) is 6.92 Å². The molecule has 2 heterocycles. The van der Waals surface area contributed by atoms with Gasteiger partial charge in [0.25, 0.3) is 0 Å². The molecule has 20 heavy (non-hydrogen) atoms. The molecule has 2 saturated heterocycles. The zero-order valence-electron chi connectivity index (χ0n) is 12.1. The highest BCUT2D eigenvalue weighted by atomic mass is 16.5. The molecule has 1 N–H and O–H groups in total. The SMILES string of the molecule is CC(C(=O)O)C1CCN(C(=O)CN2CCOCC2)CC1. The molecule has 0 aromatic rings. The Hall–Kier alpha value is -1.14. The zero-order chi connectivity index (χ0) is 14.5. The van der Waals surface area contributed by atoms with Gasteiger partial charge in [0.05, 0.1) is 25.7 Å². The molecule has 2 fully saturated rings. The first-order valence-electron chi connectivity index (χ1n) is 7.38. The highest BCUT2D eigenvalue weighted by Crippen LogP contribution is 2.25. The maximum Gasteiger partial charge on any atom is 0.306 e. The van der Waals surface area contributed by atoms with Crippen LogP contribution in [0.25, 0.3) is 0 Å². The van der Waals surface area contributed by atoms with Crippen LogP contribution in [0.3, 0.4) is 0 Å². The molecule has 0 aliphatic carbocycles. The van der Waals surface area contributed by atoms with Crippen LogP contribution in [0.1, 0.15) is 19.8 Å². The van der Waals surface area contributed by atoms with Gasteiger partial charge >= 0.3 is 5.97 Å². The molecule has 1 unspecified atom stereocenters. The van der Waals surface area contributed by atoms with Crippen molar-refractivity contribution in [2.24, 2.45) is 11.8 Å². The van der Waals surface area contributed by atoms with Gasteiger partial charge in [-0.1, -0.05) is 6.92 Å². The number of carboxylic acid groups (broad SMARTS) is 1. The quantitative estimate of drug-likeness (QED) is 0.803. The third-order valence-corrected chi connectivity index (χ3v) is 4.45. The van der Waals surface area contributed by atoms with Gasteiger partial charge < -0.3 is 14.7 Å². The molecule has 114 valence electrons. The summed E-state index contributed by atoms with van der Waals surface area (Å²) in [4.78, 5) is 27.2. The van der Waals surface area contributed by atoms with Crippen molar-refractivity contribution < 1.29 is 19.4 Å². The summed E-state index contributed by atoms with van der Waals surface area (Å²) >= 11 is 0. The summed E-state index contributed by atoms with van der Waals surface area (Å²) in [5.74, 6) is -0.692. The molecule has 1 atom stereocenters. The van der Waals surface area contributed by atoms with Gasteiger partial charge in [0, 0.05) is 26.2 Å². The van der Waals surface area contributed by atoms with Crippen LogP contribution in [0.5, 0.6) is 0 Å². The molecule has 0 spiro atoms. The molecule has 6 heteroatoms. The van der Waals surface area contributed by atoms with E-state index in [4.69, 9.17) is 9.84 Å². The van der Waals surface area contributed by atoms with E-state index in [0.29, 0.717) is 32.8 Å². The van der Waals surface area contributed by atoms with Crippen LogP contribution >= 0.6 is 0 Å². The van der Waals surface area contributed by atoms with Crippen LogP contribution in [0.2, 0.25) is 0 Å². The number of carbonyl (C=O) groups excluding carboxylic acids is 1. The minimum atomic E-state index is -0.733. The third-order valence-electron chi connectivity index (χ3n) is 4.45. The van der Waals surface area contributed by atoms with E-state index < -0.39 is 5.97 Å². The first-order chi connectivity index (χ1) is 9.58. The summed E-state index contributed by atoms with van der Waals surface area (Å²) < 4.78 is 5.27. The number of amides is 1. The second-order valence-corrected chi connectivity index (χ2v) is 5.73. The molecule has 0 bridgehead atoms. The third kappa shape index (κ3) is 3.93. The van der Waals surface area contributed by atoms with Crippen molar-refractivity contribution in [2.75, 3.05) is 45.9 Å². The maximum absolute atomic E-state index is 12.2. The largest absolute Gasteiger partial charge is 0.481 e. The molecule has 0 aromatic carbocycles. The Labute approximate surface area is 119 Å². The Balaban J connectivity index is 1.75. The predicted octanol–water partition coefficient (Wildman–Crippen LogP) is 0.278. The summed E-state index contributed by atoms with van der Waals surface area (Å²) in [5.41, 5.74) is 0. The molecule has 2 aliphatic rings. The smallest absolute Gasteiger partial charge is 0.306 e. The zero-order valence-corrected chi connectivity index (χ0v) is 12.1. The number of carboxylic acids is 1. The van der Waals surface area contributed by atoms with Crippen molar-refractivity contribution >= 4 is 11.9 Å². The van der Waals surface area contributed by atoms with E-state index >= 15 is 0 Å². The number of piperidine rings is 1. The van der Waals surface area contributed by atoms with Gasteiger partial charge in [0.15, 0.2) is 0 Å². The number of aliphatic carboxylic acids is 1. The molecular weight excluding hydrogens is 260 g/mol. The molecule has 0 radical (unpaired) electrons. The average Bonchev–Trinajstić information content (AvgIpc) is 2.47. The van der Waals surface area contributed by atoms with Crippen molar-refractivity contribution in [2.45, 2.75) is 19.8 Å².